The van der Waals surface area contributed by atoms with Crippen LogP contribution in [-0.4, -0.2) is 19.9 Å². The van der Waals surface area contributed by atoms with Gasteiger partial charge in [-0.15, -0.1) is 6.58 Å². The van der Waals surface area contributed by atoms with Gasteiger partial charge in [0.25, 0.3) is 5.24 Å². The molecule has 0 bridgehead atoms. The molecule has 0 fully saturated rings. The smallest absolute Gasteiger partial charge is 0.252 e. The van der Waals surface area contributed by atoms with Crippen LogP contribution in [0.25, 0.3) is 0 Å². The lowest BCUT2D eigenvalue weighted by Gasteiger charge is -2.15. The lowest BCUT2D eigenvalue weighted by atomic mass is 9.97. The minimum atomic E-state index is -3.42. The molecule has 0 saturated carbocycles. The van der Waals surface area contributed by atoms with Crippen molar-refractivity contribution in [1.29, 1.82) is 0 Å². The summed E-state index contributed by atoms with van der Waals surface area (Å²) in [5, 5.41) is -0.657. The number of carbonyl (C=O) groups is 1. The van der Waals surface area contributed by atoms with Crippen molar-refractivity contribution in [2.75, 3.05) is 6.26 Å². The summed E-state index contributed by atoms with van der Waals surface area (Å²) in [5.74, 6) is -0.118. The van der Waals surface area contributed by atoms with E-state index in [1.807, 2.05) is 6.92 Å². The third-order valence-corrected chi connectivity index (χ3v) is 4.17. The van der Waals surface area contributed by atoms with Crippen LogP contribution in [-0.2, 0) is 9.84 Å². The van der Waals surface area contributed by atoms with Crippen molar-refractivity contribution >= 4 is 26.7 Å². The highest BCUT2D eigenvalue weighted by molar-refractivity contribution is 7.90. The van der Waals surface area contributed by atoms with Gasteiger partial charge in [-0.05, 0) is 41.6 Å². The van der Waals surface area contributed by atoms with E-state index >= 15 is 0 Å². The molecule has 1 atom stereocenters. The maximum Gasteiger partial charge on any atom is 0.252 e. The molecule has 1 unspecified atom stereocenters. The van der Waals surface area contributed by atoms with Gasteiger partial charge < -0.3 is 0 Å². The molecule has 0 aliphatic heterocycles. The maximum absolute atomic E-state index is 11.8. The second-order valence-electron chi connectivity index (χ2n) is 4.28. The van der Waals surface area contributed by atoms with Crippen LogP contribution >= 0.6 is 11.6 Å². The van der Waals surface area contributed by atoms with Gasteiger partial charge in [0.2, 0.25) is 0 Å². The SMILES string of the molecule is C=CC(C)c1cc(C)c(C(=O)Cl)cc1S(C)(=O)=O. The van der Waals surface area contributed by atoms with Crippen LogP contribution in [0.15, 0.2) is 29.7 Å². The molecule has 5 heteroatoms. The van der Waals surface area contributed by atoms with Crippen LogP contribution in [0.4, 0.5) is 0 Å². The van der Waals surface area contributed by atoms with Crippen LogP contribution in [0.1, 0.15) is 34.3 Å². The standard InChI is InChI=1S/C13H15ClO3S/c1-5-8(2)10-6-9(3)11(13(14)15)7-12(10)18(4,16)17/h5-8H,1H2,2-4H3. The Bertz CT molecular complexity index is 603. The number of rotatable bonds is 4. The molecule has 0 aromatic heterocycles. The molecule has 0 radical (unpaired) electrons. The summed E-state index contributed by atoms with van der Waals surface area (Å²) < 4.78 is 23.5. The predicted octanol–water partition coefficient (Wildman–Crippen LogP) is 3.07. The summed E-state index contributed by atoms with van der Waals surface area (Å²) in [4.78, 5) is 11.4. The van der Waals surface area contributed by atoms with E-state index in [9.17, 15) is 13.2 Å². The van der Waals surface area contributed by atoms with E-state index in [0.717, 1.165) is 6.26 Å². The summed E-state index contributed by atoms with van der Waals surface area (Å²) in [5.41, 5.74) is 1.51. The molecule has 98 valence electrons. The Morgan fingerprint density at radius 2 is 2.00 bits per heavy atom. The van der Waals surface area contributed by atoms with Crippen LogP contribution in [0, 0.1) is 6.92 Å². The number of carbonyl (C=O) groups excluding carboxylic acids is 1. The third kappa shape index (κ3) is 3.00. The molecule has 0 heterocycles. The molecule has 1 rings (SSSR count). The molecule has 1 aromatic carbocycles. The highest BCUT2D eigenvalue weighted by Crippen LogP contribution is 2.28. The maximum atomic E-state index is 11.8. The molecule has 0 N–H and O–H groups in total. The molecular weight excluding hydrogens is 272 g/mol. The van der Waals surface area contributed by atoms with Crippen LogP contribution < -0.4 is 0 Å². The monoisotopic (exact) mass is 286 g/mol. The summed E-state index contributed by atoms with van der Waals surface area (Å²) in [6, 6.07) is 3.02. The Kier molecular flexibility index (Phi) is 4.35. The quantitative estimate of drug-likeness (QED) is 0.631. The lowest BCUT2D eigenvalue weighted by molar-refractivity contribution is 0.108. The van der Waals surface area contributed by atoms with Gasteiger partial charge in [0, 0.05) is 11.8 Å². The van der Waals surface area contributed by atoms with Crippen LogP contribution in [0.3, 0.4) is 0 Å². The average molecular weight is 287 g/mol. The van der Waals surface area contributed by atoms with Gasteiger partial charge in [-0.3, -0.25) is 4.79 Å². The van der Waals surface area contributed by atoms with E-state index < -0.39 is 15.1 Å². The van der Waals surface area contributed by atoms with Gasteiger partial charge >= 0.3 is 0 Å². The topological polar surface area (TPSA) is 51.2 Å². The third-order valence-electron chi connectivity index (χ3n) is 2.81. The zero-order valence-corrected chi connectivity index (χ0v) is 12.1. The van der Waals surface area contributed by atoms with E-state index in [-0.39, 0.29) is 16.4 Å². The van der Waals surface area contributed by atoms with Crippen LogP contribution in [0.2, 0.25) is 0 Å². The molecule has 3 nitrogen and oxygen atoms in total. The minimum absolute atomic E-state index is 0.118. The summed E-state index contributed by atoms with van der Waals surface area (Å²) >= 11 is 5.44. The van der Waals surface area contributed by atoms with Crippen molar-refractivity contribution in [3.8, 4) is 0 Å². The van der Waals surface area contributed by atoms with Gasteiger partial charge in [-0.1, -0.05) is 19.1 Å². The molecule has 0 saturated heterocycles. The number of aryl methyl sites for hydroxylation is 1. The van der Waals surface area contributed by atoms with Crippen LogP contribution in [0.5, 0.6) is 0 Å². The molecule has 0 spiro atoms. The van der Waals surface area contributed by atoms with Crippen molar-refractivity contribution in [1.82, 2.24) is 0 Å². The number of hydrogen-bond donors (Lipinski definition) is 0. The summed E-state index contributed by atoms with van der Waals surface area (Å²) in [7, 11) is -3.42. The second-order valence-corrected chi connectivity index (χ2v) is 6.60. The zero-order chi connectivity index (χ0) is 14.1. The second kappa shape index (κ2) is 5.24. The number of sulfone groups is 1. The normalized spacial score (nSPS) is 13.1. The molecule has 0 aliphatic carbocycles. The first-order valence-corrected chi connectivity index (χ1v) is 7.62. The summed E-state index contributed by atoms with van der Waals surface area (Å²) in [6.07, 6.45) is 2.77. The molecular formula is C13H15ClO3S. The van der Waals surface area contributed by atoms with Gasteiger partial charge in [-0.25, -0.2) is 8.42 Å². The van der Waals surface area contributed by atoms with E-state index in [0.29, 0.717) is 11.1 Å². The first-order valence-electron chi connectivity index (χ1n) is 5.35. The Morgan fingerprint density at radius 1 is 1.44 bits per heavy atom. The molecule has 1 aromatic rings. The fraction of sp³-hybridized carbons (Fsp3) is 0.308. The van der Waals surface area contributed by atoms with Crippen molar-refractivity contribution in [2.45, 2.75) is 24.7 Å². The predicted molar refractivity (Wildman–Crippen MR) is 73.1 cm³/mol. The Hall–Kier alpha value is -1.13. The van der Waals surface area contributed by atoms with Crippen molar-refractivity contribution < 1.29 is 13.2 Å². The van der Waals surface area contributed by atoms with E-state index in [1.165, 1.54) is 6.07 Å². The minimum Gasteiger partial charge on any atom is -0.276 e. The molecule has 18 heavy (non-hydrogen) atoms. The Labute approximate surface area is 112 Å². The zero-order valence-electron chi connectivity index (χ0n) is 10.5. The molecule has 0 aliphatic rings. The fourth-order valence-electron chi connectivity index (χ4n) is 1.73. The van der Waals surface area contributed by atoms with Crippen molar-refractivity contribution in [3.63, 3.8) is 0 Å². The van der Waals surface area contributed by atoms with Gasteiger partial charge in [0.05, 0.1) is 4.90 Å². The van der Waals surface area contributed by atoms with E-state index in [2.05, 4.69) is 6.58 Å². The molecule has 0 amide bonds. The number of benzene rings is 1. The lowest BCUT2D eigenvalue weighted by Crippen LogP contribution is -2.08. The average Bonchev–Trinajstić information content (AvgIpc) is 2.25. The van der Waals surface area contributed by atoms with Crippen molar-refractivity contribution in [2.24, 2.45) is 0 Å². The van der Waals surface area contributed by atoms with E-state index in [4.69, 9.17) is 11.6 Å². The number of halogens is 1. The fourth-order valence-corrected chi connectivity index (χ4v) is 2.93. The first kappa shape index (κ1) is 14.9. The van der Waals surface area contributed by atoms with Gasteiger partial charge in [-0.2, -0.15) is 0 Å². The number of allylic oxidation sites excluding steroid dienone is 1. The van der Waals surface area contributed by atoms with Gasteiger partial charge in [0.15, 0.2) is 9.84 Å². The van der Waals surface area contributed by atoms with Gasteiger partial charge in [0.1, 0.15) is 0 Å². The Morgan fingerprint density at radius 3 is 2.39 bits per heavy atom. The van der Waals surface area contributed by atoms with Crippen molar-refractivity contribution in [3.05, 3.63) is 41.5 Å². The number of hydrogen-bond acceptors (Lipinski definition) is 3. The van der Waals surface area contributed by atoms with E-state index in [1.54, 1.807) is 19.1 Å². The first-order chi connectivity index (χ1) is 8.18. The highest BCUT2D eigenvalue weighted by atomic mass is 35.5. The largest absolute Gasteiger partial charge is 0.276 e. The highest BCUT2D eigenvalue weighted by Gasteiger charge is 2.20. The summed E-state index contributed by atoms with van der Waals surface area (Å²) in [6.45, 7) is 7.23. The Balaban J connectivity index is 3.68.